The number of benzene rings is 1. The molecule has 0 saturated carbocycles. The zero-order chi connectivity index (χ0) is 15.1. The van der Waals surface area contributed by atoms with E-state index in [1.54, 1.807) is 0 Å². The van der Waals surface area contributed by atoms with Crippen molar-refractivity contribution in [1.29, 1.82) is 0 Å². The maximum Gasteiger partial charge on any atom is 0.344 e. The summed E-state index contributed by atoms with van der Waals surface area (Å²) < 4.78 is 11.8. The van der Waals surface area contributed by atoms with Gasteiger partial charge in [0.25, 0.3) is 0 Å². The Morgan fingerprint density at radius 3 is 2.50 bits per heavy atom. The summed E-state index contributed by atoms with van der Waals surface area (Å²) in [5, 5.41) is 0. The molecule has 1 aliphatic heterocycles. The minimum absolute atomic E-state index is 0. The van der Waals surface area contributed by atoms with Crippen LogP contribution in [-0.4, -0.2) is 38.3 Å². The number of quaternary nitrogens is 1. The summed E-state index contributed by atoms with van der Waals surface area (Å²) >= 11 is 3.36. The highest BCUT2D eigenvalue weighted by Crippen LogP contribution is 2.15. The number of hydrogen-bond donors (Lipinski definition) is 1. The fourth-order valence-corrected chi connectivity index (χ4v) is 2.90. The van der Waals surface area contributed by atoms with Gasteiger partial charge < -0.3 is 26.8 Å². The van der Waals surface area contributed by atoms with Gasteiger partial charge in [0.1, 0.15) is 18.4 Å². The van der Waals surface area contributed by atoms with Crippen molar-refractivity contribution in [3.05, 3.63) is 28.7 Å². The Kier molecular flexibility index (Phi) is 8.83. The van der Waals surface area contributed by atoms with Gasteiger partial charge in [-0.25, -0.2) is 4.79 Å². The van der Waals surface area contributed by atoms with E-state index in [9.17, 15) is 4.79 Å². The smallest absolute Gasteiger partial charge is 0.344 e. The first-order valence-electron chi connectivity index (χ1n) is 7.55. The SMILES string of the molecule is CC(C[NH+]1CCCCC1)OC(=O)COc1ccc(Br)cc1.[Cl-]. The molecular formula is C16H23BrClNO3. The Labute approximate surface area is 146 Å². The second-order valence-electron chi connectivity index (χ2n) is 5.56. The summed E-state index contributed by atoms with van der Waals surface area (Å²) in [6.45, 7) is 5.19. The molecule has 0 aromatic heterocycles. The number of piperidine rings is 1. The van der Waals surface area contributed by atoms with Crippen molar-refractivity contribution in [2.45, 2.75) is 32.3 Å². The standard InChI is InChI=1S/C16H22BrNO3.ClH/c1-13(11-18-9-3-2-4-10-18)21-16(19)12-20-15-7-5-14(17)6-8-15;/h5-8,13H,2-4,9-12H2,1H3;1H. The third-order valence-electron chi connectivity index (χ3n) is 3.64. The van der Waals surface area contributed by atoms with E-state index in [4.69, 9.17) is 9.47 Å². The second kappa shape index (κ2) is 10.1. The number of nitrogens with one attached hydrogen (secondary N) is 1. The minimum Gasteiger partial charge on any atom is -1.00 e. The molecular weight excluding hydrogens is 370 g/mol. The zero-order valence-corrected chi connectivity index (χ0v) is 15.2. The molecule has 22 heavy (non-hydrogen) atoms. The van der Waals surface area contributed by atoms with Crippen molar-refractivity contribution in [3.63, 3.8) is 0 Å². The van der Waals surface area contributed by atoms with Gasteiger partial charge in [-0.05, 0) is 50.5 Å². The molecule has 1 fully saturated rings. The van der Waals surface area contributed by atoms with Crippen molar-refractivity contribution < 1.29 is 31.6 Å². The summed E-state index contributed by atoms with van der Waals surface area (Å²) in [6, 6.07) is 7.39. The predicted octanol–water partition coefficient (Wildman–Crippen LogP) is -1.17. The van der Waals surface area contributed by atoms with Gasteiger partial charge in [-0.2, -0.15) is 0 Å². The highest BCUT2D eigenvalue weighted by atomic mass is 79.9. The van der Waals surface area contributed by atoms with Crippen LogP contribution in [0.2, 0.25) is 0 Å². The Hall–Kier alpha value is -0.780. The number of rotatable bonds is 6. The average molecular weight is 393 g/mol. The van der Waals surface area contributed by atoms with Crippen LogP contribution in [0.4, 0.5) is 0 Å². The van der Waals surface area contributed by atoms with Gasteiger partial charge in [0.05, 0.1) is 13.1 Å². The molecule has 4 nitrogen and oxygen atoms in total. The molecule has 1 unspecified atom stereocenters. The fraction of sp³-hybridized carbons (Fsp3) is 0.562. The van der Waals surface area contributed by atoms with Crippen LogP contribution in [0, 0.1) is 0 Å². The summed E-state index contributed by atoms with van der Waals surface area (Å²) in [5.41, 5.74) is 0. The molecule has 0 bridgehead atoms. The number of halogens is 2. The molecule has 1 N–H and O–H groups in total. The second-order valence-corrected chi connectivity index (χ2v) is 6.47. The van der Waals surface area contributed by atoms with Crippen molar-refractivity contribution in [2.75, 3.05) is 26.2 Å². The Morgan fingerprint density at radius 1 is 1.23 bits per heavy atom. The number of esters is 1. The van der Waals surface area contributed by atoms with E-state index in [1.165, 1.54) is 37.3 Å². The van der Waals surface area contributed by atoms with E-state index in [1.807, 2.05) is 31.2 Å². The lowest BCUT2D eigenvalue weighted by Gasteiger charge is -2.26. The van der Waals surface area contributed by atoms with Gasteiger partial charge in [0.2, 0.25) is 0 Å². The van der Waals surface area contributed by atoms with Gasteiger partial charge in [-0.1, -0.05) is 15.9 Å². The molecule has 1 aromatic carbocycles. The molecule has 1 atom stereocenters. The van der Waals surface area contributed by atoms with Gasteiger partial charge in [0.15, 0.2) is 6.61 Å². The maximum atomic E-state index is 11.8. The largest absolute Gasteiger partial charge is 1.00 e. The molecule has 0 amide bonds. The van der Waals surface area contributed by atoms with E-state index >= 15 is 0 Å². The van der Waals surface area contributed by atoms with Crippen LogP contribution in [0.1, 0.15) is 26.2 Å². The van der Waals surface area contributed by atoms with Gasteiger partial charge in [-0.3, -0.25) is 0 Å². The molecule has 1 aliphatic rings. The van der Waals surface area contributed by atoms with E-state index < -0.39 is 0 Å². The summed E-state index contributed by atoms with van der Waals surface area (Å²) in [5.74, 6) is 0.367. The van der Waals surface area contributed by atoms with Crippen LogP contribution in [-0.2, 0) is 9.53 Å². The van der Waals surface area contributed by atoms with Gasteiger partial charge >= 0.3 is 5.97 Å². The average Bonchev–Trinajstić information content (AvgIpc) is 2.47. The van der Waals surface area contributed by atoms with E-state index in [0.717, 1.165) is 11.0 Å². The van der Waals surface area contributed by atoms with Crippen molar-refractivity contribution in [2.24, 2.45) is 0 Å². The molecule has 1 aromatic rings. The first kappa shape index (κ1) is 19.3. The third kappa shape index (κ3) is 6.99. The summed E-state index contributed by atoms with van der Waals surface area (Å²) in [6.07, 6.45) is 3.84. The quantitative estimate of drug-likeness (QED) is 0.621. The topological polar surface area (TPSA) is 40.0 Å². The highest BCUT2D eigenvalue weighted by Gasteiger charge is 2.19. The zero-order valence-electron chi connectivity index (χ0n) is 12.8. The lowest BCUT2D eigenvalue weighted by Crippen LogP contribution is -3.13. The molecule has 0 radical (unpaired) electrons. The van der Waals surface area contributed by atoms with Crippen LogP contribution in [0.25, 0.3) is 0 Å². The van der Waals surface area contributed by atoms with Crippen LogP contribution in [0.3, 0.4) is 0 Å². The Morgan fingerprint density at radius 2 is 1.86 bits per heavy atom. The van der Waals surface area contributed by atoms with Gasteiger partial charge in [0, 0.05) is 4.47 Å². The Bertz CT molecular complexity index is 449. The Balaban J connectivity index is 0.00000242. The third-order valence-corrected chi connectivity index (χ3v) is 4.17. The van der Waals surface area contributed by atoms with E-state index in [-0.39, 0.29) is 31.1 Å². The van der Waals surface area contributed by atoms with E-state index in [2.05, 4.69) is 15.9 Å². The van der Waals surface area contributed by atoms with Crippen molar-refractivity contribution in [1.82, 2.24) is 0 Å². The van der Waals surface area contributed by atoms with Crippen molar-refractivity contribution in [3.8, 4) is 5.75 Å². The van der Waals surface area contributed by atoms with Crippen LogP contribution in [0.5, 0.6) is 5.75 Å². The first-order valence-corrected chi connectivity index (χ1v) is 8.34. The monoisotopic (exact) mass is 391 g/mol. The molecule has 2 rings (SSSR count). The normalized spacial score (nSPS) is 16.5. The van der Waals surface area contributed by atoms with Gasteiger partial charge in [-0.15, -0.1) is 0 Å². The van der Waals surface area contributed by atoms with Crippen LogP contribution < -0.4 is 22.0 Å². The fourth-order valence-electron chi connectivity index (χ4n) is 2.64. The molecule has 1 saturated heterocycles. The highest BCUT2D eigenvalue weighted by molar-refractivity contribution is 9.10. The van der Waals surface area contributed by atoms with Crippen LogP contribution in [0.15, 0.2) is 28.7 Å². The molecule has 6 heteroatoms. The number of carbonyl (C=O) groups excluding carboxylic acids is 1. The maximum absolute atomic E-state index is 11.8. The van der Waals surface area contributed by atoms with Crippen LogP contribution >= 0.6 is 15.9 Å². The molecule has 124 valence electrons. The number of ether oxygens (including phenoxy) is 2. The molecule has 0 spiro atoms. The first-order chi connectivity index (χ1) is 10.1. The van der Waals surface area contributed by atoms with E-state index in [0.29, 0.717) is 5.75 Å². The predicted molar refractivity (Wildman–Crippen MR) is 84.6 cm³/mol. The summed E-state index contributed by atoms with van der Waals surface area (Å²) in [4.78, 5) is 13.3. The molecule has 0 aliphatic carbocycles. The van der Waals surface area contributed by atoms with Crippen molar-refractivity contribution >= 4 is 21.9 Å². The number of hydrogen-bond acceptors (Lipinski definition) is 3. The molecule has 1 heterocycles. The summed E-state index contributed by atoms with van der Waals surface area (Å²) in [7, 11) is 0. The lowest BCUT2D eigenvalue weighted by atomic mass is 10.1. The number of likely N-dealkylation sites (tertiary alicyclic amines) is 1. The minimum atomic E-state index is -0.304. The number of carbonyl (C=O) groups is 1. The lowest BCUT2D eigenvalue weighted by molar-refractivity contribution is -0.907.